The van der Waals surface area contributed by atoms with E-state index in [4.69, 9.17) is 18.9 Å². The zero-order chi connectivity index (χ0) is 24.5. The number of amides is 3. The van der Waals surface area contributed by atoms with E-state index >= 15 is 0 Å². The molecule has 180 valence electrons. The summed E-state index contributed by atoms with van der Waals surface area (Å²) in [5, 5.41) is 2.32. The first-order valence-electron chi connectivity index (χ1n) is 10.5. The van der Waals surface area contributed by atoms with Gasteiger partial charge in [0.05, 0.1) is 39.3 Å². The maximum absolute atomic E-state index is 12.7. The average molecular weight is 487 g/mol. The van der Waals surface area contributed by atoms with E-state index in [-0.39, 0.29) is 37.3 Å². The smallest absolute Gasteiger partial charge is 0.293 e. The van der Waals surface area contributed by atoms with Gasteiger partial charge in [0.2, 0.25) is 5.91 Å². The Labute approximate surface area is 202 Å². The molecule has 0 aromatic heterocycles. The predicted molar refractivity (Wildman–Crippen MR) is 128 cm³/mol. The number of rotatable bonds is 11. The van der Waals surface area contributed by atoms with Gasteiger partial charge in [0.15, 0.2) is 23.0 Å². The van der Waals surface area contributed by atoms with Crippen LogP contribution in [-0.2, 0) is 9.59 Å². The first kappa shape index (κ1) is 25.0. The second kappa shape index (κ2) is 12.0. The normalized spacial score (nSPS) is 14.3. The quantitative estimate of drug-likeness (QED) is 0.483. The number of benzene rings is 2. The van der Waals surface area contributed by atoms with Crippen molar-refractivity contribution in [2.45, 2.75) is 6.42 Å². The summed E-state index contributed by atoms with van der Waals surface area (Å²) in [7, 11) is 4.60. The summed E-state index contributed by atoms with van der Waals surface area (Å²) in [4.78, 5) is 38.5. The predicted octanol–water partition coefficient (Wildman–Crippen LogP) is 3.33. The highest BCUT2D eigenvalue weighted by Gasteiger charge is 2.34. The van der Waals surface area contributed by atoms with Crippen LogP contribution in [0.1, 0.15) is 12.0 Å². The molecule has 34 heavy (non-hydrogen) atoms. The number of carbonyl (C=O) groups excluding carboxylic acids is 3. The minimum Gasteiger partial charge on any atom is -0.493 e. The van der Waals surface area contributed by atoms with Crippen LogP contribution >= 0.6 is 11.8 Å². The highest BCUT2D eigenvalue weighted by Crippen LogP contribution is 2.34. The van der Waals surface area contributed by atoms with Crippen LogP contribution in [-0.4, -0.2) is 63.0 Å². The van der Waals surface area contributed by atoms with Crippen molar-refractivity contribution >= 4 is 34.9 Å². The van der Waals surface area contributed by atoms with Crippen molar-refractivity contribution in [3.8, 4) is 23.0 Å². The topological polar surface area (TPSA) is 103 Å². The fourth-order valence-electron chi connectivity index (χ4n) is 3.17. The summed E-state index contributed by atoms with van der Waals surface area (Å²) in [6, 6.07) is 12.4. The lowest BCUT2D eigenvalue weighted by molar-refractivity contribution is -0.124. The van der Waals surface area contributed by atoms with E-state index in [1.807, 2.05) is 12.1 Å². The summed E-state index contributed by atoms with van der Waals surface area (Å²) >= 11 is 0.856. The molecule has 10 heteroatoms. The summed E-state index contributed by atoms with van der Waals surface area (Å²) in [5.74, 6) is 1.58. The standard InChI is InChI=1S/C24H26N2O7S/c1-30-17-6-4-5-7-19(17)33-13-10-22(27)25-11-12-26-23(28)21(34-24(26)29)15-16-8-9-18(31-2)20(14-16)32-3/h4-9,14-15H,10-13H2,1-3H3,(H,25,27). The van der Waals surface area contributed by atoms with E-state index in [0.717, 1.165) is 16.7 Å². The van der Waals surface area contributed by atoms with E-state index in [1.54, 1.807) is 43.5 Å². The Kier molecular flexibility index (Phi) is 8.80. The zero-order valence-electron chi connectivity index (χ0n) is 19.2. The largest absolute Gasteiger partial charge is 0.493 e. The van der Waals surface area contributed by atoms with Crippen LogP contribution in [0.25, 0.3) is 6.08 Å². The summed E-state index contributed by atoms with van der Waals surface area (Å²) < 4.78 is 21.3. The number of para-hydroxylation sites is 2. The minimum absolute atomic E-state index is 0.0764. The highest BCUT2D eigenvalue weighted by molar-refractivity contribution is 8.18. The third kappa shape index (κ3) is 6.22. The molecule has 0 radical (unpaired) electrons. The lowest BCUT2D eigenvalue weighted by atomic mass is 10.2. The number of nitrogens with zero attached hydrogens (tertiary/aromatic N) is 1. The van der Waals surface area contributed by atoms with E-state index in [9.17, 15) is 14.4 Å². The Balaban J connectivity index is 1.48. The van der Waals surface area contributed by atoms with E-state index < -0.39 is 5.91 Å². The molecular weight excluding hydrogens is 460 g/mol. The van der Waals surface area contributed by atoms with Crippen molar-refractivity contribution in [2.75, 3.05) is 41.0 Å². The zero-order valence-corrected chi connectivity index (χ0v) is 20.0. The number of methoxy groups -OCH3 is 3. The first-order chi connectivity index (χ1) is 16.5. The van der Waals surface area contributed by atoms with Gasteiger partial charge < -0.3 is 24.3 Å². The number of ether oxygens (including phenoxy) is 4. The van der Waals surface area contributed by atoms with E-state index in [2.05, 4.69) is 5.32 Å². The molecule has 2 aromatic carbocycles. The van der Waals surface area contributed by atoms with Gasteiger partial charge in [-0.15, -0.1) is 0 Å². The molecule has 2 aromatic rings. The number of hydrogen-bond donors (Lipinski definition) is 1. The van der Waals surface area contributed by atoms with Crippen molar-refractivity contribution in [3.63, 3.8) is 0 Å². The van der Waals surface area contributed by atoms with Gasteiger partial charge in [0, 0.05) is 13.1 Å². The summed E-state index contributed by atoms with van der Waals surface area (Å²) in [5.41, 5.74) is 0.700. The molecule has 3 amide bonds. The number of nitrogens with one attached hydrogen (secondary N) is 1. The molecule has 0 spiro atoms. The molecule has 0 atom stereocenters. The fraction of sp³-hybridized carbons (Fsp3) is 0.292. The Hall–Kier alpha value is -3.66. The SMILES string of the molecule is COc1ccc(C=C2SC(=O)N(CCNC(=O)CCOc3ccccc3OC)C2=O)cc1OC. The maximum atomic E-state index is 12.7. The van der Waals surface area contributed by atoms with Crippen LogP contribution in [0, 0.1) is 0 Å². The van der Waals surface area contributed by atoms with Crippen LogP contribution in [0.3, 0.4) is 0 Å². The van der Waals surface area contributed by atoms with Crippen molar-refractivity contribution in [1.82, 2.24) is 10.2 Å². The van der Waals surface area contributed by atoms with Crippen LogP contribution in [0.5, 0.6) is 23.0 Å². The Bertz CT molecular complexity index is 1090. The third-order valence-corrected chi connectivity index (χ3v) is 5.80. The van der Waals surface area contributed by atoms with Gasteiger partial charge >= 0.3 is 0 Å². The third-order valence-electron chi connectivity index (χ3n) is 4.89. The fourth-order valence-corrected chi connectivity index (χ4v) is 4.04. The van der Waals surface area contributed by atoms with E-state index in [1.165, 1.54) is 14.2 Å². The molecule has 0 bridgehead atoms. The molecule has 1 fully saturated rings. The van der Waals surface area contributed by atoms with Gasteiger partial charge in [-0.25, -0.2) is 0 Å². The number of hydrogen-bond acceptors (Lipinski definition) is 8. The first-order valence-corrected chi connectivity index (χ1v) is 11.3. The van der Waals surface area contributed by atoms with Crippen LogP contribution in [0.2, 0.25) is 0 Å². The molecule has 0 unspecified atom stereocenters. The van der Waals surface area contributed by atoms with Gasteiger partial charge in [-0.05, 0) is 47.7 Å². The molecule has 0 aliphatic carbocycles. The van der Waals surface area contributed by atoms with Crippen molar-refractivity contribution in [1.29, 1.82) is 0 Å². The van der Waals surface area contributed by atoms with Gasteiger partial charge in [0.25, 0.3) is 11.1 Å². The van der Waals surface area contributed by atoms with Crippen molar-refractivity contribution < 1.29 is 33.3 Å². The number of carbonyl (C=O) groups is 3. The monoisotopic (exact) mass is 486 g/mol. The molecule has 3 rings (SSSR count). The molecule has 9 nitrogen and oxygen atoms in total. The van der Waals surface area contributed by atoms with Crippen LogP contribution < -0.4 is 24.3 Å². The van der Waals surface area contributed by atoms with Gasteiger partial charge in [0.1, 0.15) is 0 Å². The second-order valence-corrected chi connectivity index (χ2v) is 8.04. The molecule has 1 aliphatic heterocycles. The molecule has 1 aliphatic rings. The van der Waals surface area contributed by atoms with Gasteiger partial charge in [-0.3, -0.25) is 19.3 Å². The Morgan fingerprint density at radius 3 is 2.35 bits per heavy atom. The lowest BCUT2D eigenvalue weighted by Crippen LogP contribution is -2.37. The van der Waals surface area contributed by atoms with Gasteiger partial charge in [-0.2, -0.15) is 0 Å². The van der Waals surface area contributed by atoms with Gasteiger partial charge in [-0.1, -0.05) is 18.2 Å². The van der Waals surface area contributed by atoms with E-state index in [0.29, 0.717) is 33.5 Å². The molecule has 1 N–H and O–H groups in total. The molecule has 1 heterocycles. The summed E-state index contributed by atoms with van der Waals surface area (Å²) in [6.07, 6.45) is 1.75. The van der Waals surface area contributed by atoms with Crippen molar-refractivity contribution in [2.24, 2.45) is 0 Å². The molecule has 1 saturated heterocycles. The minimum atomic E-state index is -0.404. The Morgan fingerprint density at radius 2 is 1.65 bits per heavy atom. The van der Waals surface area contributed by atoms with Crippen molar-refractivity contribution in [3.05, 3.63) is 52.9 Å². The highest BCUT2D eigenvalue weighted by atomic mass is 32.2. The molecular formula is C24H26N2O7S. The average Bonchev–Trinajstić information content (AvgIpc) is 3.11. The Morgan fingerprint density at radius 1 is 0.971 bits per heavy atom. The number of thioether (sulfide) groups is 1. The van der Waals surface area contributed by atoms with Crippen LogP contribution in [0.15, 0.2) is 47.4 Å². The second-order valence-electron chi connectivity index (χ2n) is 7.05. The summed E-state index contributed by atoms with van der Waals surface area (Å²) in [6.45, 7) is 0.393. The molecule has 0 saturated carbocycles. The lowest BCUT2D eigenvalue weighted by Gasteiger charge is -2.13. The maximum Gasteiger partial charge on any atom is 0.293 e. The number of imide groups is 1. The van der Waals surface area contributed by atoms with Crippen LogP contribution in [0.4, 0.5) is 4.79 Å².